The standard InChI is InChI=1S/C24H37ClF2N2O5/c25-18-6-5-17(11-19(18)27)34-13-21(31)28-23-7-9-24(10-8-23,20(30)12-23)29-22(32)14-33-16-3-1-15(26)2-4-16/h15-20,30H,1-14H2,(H,28,31)(H,29,32)/t15?,16?,17?,18?,19?,20-,23?,24?/m0/s1. The fourth-order valence-electron chi connectivity index (χ4n) is 6.08. The number of rotatable bonds is 8. The average molecular weight is 507 g/mol. The van der Waals surface area contributed by atoms with Crippen LogP contribution < -0.4 is 10.6 Å². The highest BCUT2D eigenvalue weighted by Gasteiger charge is 2.55. The molecule has 0 aromatic carbocycles. The highest BCUT2D eigenvalue weighted by Crippen LogP contribution is 2.47. The van der Waals surface area contributed by atoms with Crippen LogP contribution >= 0.6 is 11.6 Å². The lowest BCUT2D eigenvalue weighted by Crippen LogP contribution is -2.70. The number of hydrogen-bond acceptors (Lipinski definition) is 5. The Morgan fingerprint density at radius 2 is 1.47 bits per heavy atom. The summed E-state index contributed by atoms with van der Waals surface area (Å²) in [7, 11) is 0. The molecule has 194 valence electrons. The monoisotopic (exact) mass is 506 g/mol. The van der Waals surface area contributed by atoms with Crippen LogP contribution in [-0.2, 0) is 19.1 Å². The summed E-state index contributed by atoms with van der Waals surface area (Å²) in [5.74, 6) is -0.545. The summed E-state index contributed by atoms with van der Waals surface area (Å²) in [5.41, 5.74) is -1.24. The van der Waals surface area contributed by atoms with Crippen molar-refractivity contribution < 1.29 is 33.0 Å². The average Bonchev–Trinajstić information content (AvgIpc) is 2.81. The summed E-state index contributed by atoms with van der Waals surface area (Å²) in [5, 5.41) is 16.4. The van der Waals surface area contributed by atoms with E-state index in [2.05, 4.69) is 10.6 Å². The maximum absolute atomic E-state index is 13.8. The Bertz CT molecular complexity index is 728. The summed E-state index contributed by atoms with van der Waals surface area (Å²) in [6, 6.07) is 0. The first kappa shape index (κ1) is 26.0. The number of carbonyl (C=O) groups is 2. The lowest BCUT2D eigenvalue weighted by Gasteiger charge is -2.56. The minimum atomic E-state index is -1.12. The normalized spacial score (nSPS) is 42.2. The maximum atomic E-state index is 13.8. The molecule has 5 aliphatic carbocycles. The number of fused-ring (bicyclic) bond motifs is 3. The van der Waals surface area contributed by atoms with Gasteiger partial charge in [0.25, 0.3) is 0 Å². The van der Waals surface area contributed by atoms with Gasteiger partial charge >= 0.3 is 0 Å². The summed E-state index contributed by atoms with van der Waals surface area (Å²) < 4.78 is 38.3. The molecule has 7 nitrogen and oxygen atoms in total. The van der Waals surface area contributed by atoms with Gasteiger partial charge < -0.3 is 25.2 Å². The van der Waals surface area contributed by atoms with Crippen molar-refractivity contribution >= 4 is 23.4 Å². The highest BCUT2D eigenvalue weighted by atomic mass is 35.5. The van der Waals surface area contributed by atoms with E-state index < -0.39 is 34.9 Å². The van der Waals surface area contributed by atoms with Crippen LogP contribution in [0.15, 0.2) is 0 Å². The third-order valence-corrected chi connectivity index (χ3v) is 8.75. The second-order valence-corrected chi connectivity index (χ2v) is 11.3. The van der Waals surface area contributed by atoms with Crippen molar-refractivity contribution in [2.24, 2.45) is 0 Å². The molecular formula is C24H37ClF2N2O5. The van der Waals surface area contributed by atoms with Crippen LogP contribution in [0.4, 0.5) is 8.78 Å². The third-order valence-electron chi connectivity index (χ3n) is 8.26. The first-order chi connectivity index (χ1) is 16.2. The summed E-state index contributed by atoms with van der Waals surface area (Å²) >= 11 is 5.90. The number of amides is 2. The molecule has 5 fully saturated rings. The summed E-state index contributed by atoms with van der Waals surface area (Å²) in [6.45, 7) is -0.244. The second kappa shape index (κ2) is 10.9. The van der Waals surface area contributed by atoms with E-state index >= 15 is 0 Å². The van der Waals surface area contributed by atoms with Gasteiger partial charge in [-0.25, -0.2) is 8.78 Å². The Kier molecular flexibility index (Phi) is 8.37. The van der Waals surface area contributed by atoms with Gasteiger partial charge in [0, 0.05) is 12.0 Å². The number of ether oxygens (including phenoxy) is 2. The lowest BCUT2D eigenvalue weighted by atomic mass is 9.60. The molecule has 3 unspecified atom stereocenters. The van der Waals surface area contributed by atoms with Crippen molar-refractivity contribution in [3.8, 4) is 0 Å². The number of nitrogens with one attached hydrogen (secondary N) is 2. The molecule has 2 bridgehead atoms. The Labute approximate surface area is 204 Å². The molecule has 5 saturated carbocycles. The number of halogens is 3. The molecule has 0 spiro atoms. The van der Waals surface area contributed by atoms with Crippen molar-refractivity contribution in [3.63, 3.8) is 0 Å². The highest BCUT2D eigenvalue weighted by molar-refractivity contribution is 6.21. The van der Waals surface area contributed by atoms with Gasteiger partial charge in [0.2, 0.25) is 11.8 Å². The van der Waals surface area contributed by atoms with Gasteiger partial charge in [0.05, 0.1) is 29.2 Å². The van der Waals surface area contributed by atoms with E-state index in [1.165, 1.54) is 0 Å². The van der Waals surface area contributed by atoms with Gasteiger partial charge in [-0.05, 0) is 70.6 Å². The molecule has 2 amide bonds. The number of alkyl halides is 3. The smallest absolute Gasteiger partial charge is 0.246 e. The van der Waals surface area contributed by atoms with Crippen LogP contribution in [0.2, 0.25) is 0 Å². The van der Waals surface area contributed by atoms with Gasteiger partial charge in [-0.1, -0.05) is 0 Å². The van der Waals surface area contributed by atoms with Gasteiger partial charge in [-0.2, -0.15) is 0 Å². The van der Waals surface area contributed by atoms with E-state index in [1.54, 1.807) is 0 Å². The van der Waals surface area contributed by atoms with E-state index in [0.717, 1.165) is 0 Å². The van der Waals surface area contributed by atoms with Crippen LogP contribution in [0.5, 0.6) is 0 Å². The molecule has 5 rings (SSSR count). The van der Waals surface area contributed by atoms with Crippen LogP contribution in [0.25, 0.3) is 0 Å². The molecule has 4 atom stereocenters. The molecule has 3 N–H and O–H groups in total. The number of hydrogen-bond donors (Lipinski definition) is 3. The lowest BCUT2D eigenvalue weighted by molar-refractivity contribution is -0.142. The third kappa shape index (κ3) is 6.20. The molecule has 0 aromatic rings. The molecule has 10 heteroatoms. The molecule has 0 saturated heterocycles. The molecule has 0 aromatic heterocycles. The number of aliphatic hydroxyl groups excluding tert-OH is 1. The van der Waals surface area contributed by atoms with Gasteiger partial charge in [-0.15, -0.1) is 11.6 Å². The van der Waals surface area contributed by atoms with Crippen molar-refractivity contribution in [2.75, 3.05) is 13.2 Å². The SMILES string of the molecule is O=C(COC1CCC(Cl)C(F)C1)NC12CCC(NC(=O)COC3CCC(F)CC3)(CC1)[C@@H](O)C2. The van der Waals surface area contributed by atoms with Crippen LogP contribution in [0.1, 0.15) is 77.0 Å². The van der Waals surface area contributed by atoms with Crippen LogP contribution in [0, 0.1) is 0 Å². The zero-order valence-electron chi connectivity index (χ0n) is 19.6. The van der Waals surface area contributed by atoms with E-state index in [9.17, 15) is 23.5 Å². The summed E-state index contributed by atoms with van der Waals surface area (Å²) in [4.78, 5) is 25.1. The minimum absolute atomic E-state index is 0.0938. The fourth-order valence-corrected chi connectivity index (χ4v) is 6.31. The van der Waals surface area contributed by atoms with Crippen LogP contribution in [-0.4, -0.2) is 77.2 Å². The Balaban J connectivity index is 1.20. The minimum Gasteiger partial charge on any atom is -0.391 e. The summed E-state index contributed by atoms with van der Waals surface area (Å²) in [6.07, 6.45) is 3.21. The molecule has 0 aliphatic heterocycles. The van der Waals surface area contributed by atoms with Gasteiger partial charge in [-0.3, -0.25) is 9.59 Å². The molecule has 0 heterocycles. The van der Waals surface area contributed by atoms with E-state index in [4.69, 9.17) is 21.1 Å². The number of aliphatic hydroxyl groups is 1. The molecular weight excluding hydrogens is 470 g/mol. The quantitative estimate of drug-likeness (QED) is 0.440. The van der Waals surface area contributed by atoms with Crippen molar-refractivity contribution in [3.05, 3.63) is 0 Å². The predicted molar refractivity (Wildman–Crippen MR) is 122 cm³/mol. The largest absolute Gasteiger partial charge is 0.391 e. The molecule has 5 aliphatic rings. The predicted octanol–water partition coefficient (Wildman–Crippen LogP) is 2.85. The van der Waals surface area contributed by atoms with Crippen LogP contribution in [0.3, 0.4) is 0 Å². The fraction of sp³-hybridized carbons (Fsp3) is 0.917. The van der Waals surface area contributed by atoms with E-state index in [0.29, 0.717) is 70.6 Å². The second-order valence-electron chi connectivity index (χ2n) is 10.7. The van der Waals surface area contributed by atoms with Gasteiger partial charge in [0.1, 0.15) is 25.6 Å². The van der Waals surface area contributed by atoms with Crippen molar-refractivity contribution in [1.82, 2.24) is 10.6 Å². The molecule has 34 heavy (non-hydrogen) atoms. The maximum Gasteiger partial charge on any atom is 0.246 e. The topological polar surface area (TPSA) is 96.9 Å². The molecule has 0 radical (unpaired) electrons. The van der Waals surface area contributed by atoms with E-state index in [1.807, 2.05) is 0 Å². The Hall–Kier alpha value is -1.03. The van der Waals surface area contributed by atoms with E-state index in [-0.39, 0.29) is 43.7 Å². The zero-order valence-corrected chi connectivity index (χ0v) is 20.3. The van der Waals surface area contributed by atoms with Gasteiger partial charge in [0.15, 0.2) is 0 Å². The zero-order chi connectivity index (χ0) is 24.3. The van der Waals surface area contributed by atoms with Crippen molar-refractivity contribution in [2.45, 2.75) is 124 Å². The Morgan fingerprint density at radius 3 is 2.09 bits per heavy atom. The first-order valence-corrected chi connectivity index (χ1v) is 13.1. The number of carbonyl (C=O) groups excluding carboxylic acids is 2. The Morgan fingerprint density at radius 1 is 0.882 bits per heavy atom. The van der Waals surface area contributed by atoms with Crippen molar-refractivity contribution in [1.29, 1.82) is 0 Å². The first-order valence-electron chi connectivity index (χ1n) is 12.6.